The van der Waals surface area contributed by atoms with Gasteiger partial charge < -0.3 is 29.5 Å². The predicted octanol–water partition coefficient (Wildman–Crippen LogP) is -1.91. The van der Waals surface area contributed by atoms with E-state index in [4.69, 9.17) is 14.2 Å². The van der Waals surface area contributed by atoms with Crippen LogP contribution in [0.2, 0.25) is 0 Å². The largest absolute Gasteiger partial charge is 0.387 e. The van der Waals surface area contributed by atoms with E-state index in [1.54, 1.807) is 0 Å². The van der Waals surface area contributed by atoms with E-state index in [0.29, 0.717) is 0 Å². The molecule has 0 saturated carbocycles. The molecule has 1 heterocycles. The number of methoxy groups -OCH3 is 2. The van der Waals surface area contributed by atoms with Gasteiger partial charge in [-0.25, -0.2) is 0 Å². The molecule has 1 fully saturated rings. The van der Waals surface area contributed by atoms with E-state index >= 15 is 0 Å². The average Bonchev–Trinajstić information content (AvgIpc) is 2.16. The lowest BCUT2D eigenvalue weighted by Crippen LogP contribution is -2.59. The van der Waals surface area contributed by atoms with Crippen molar-refractivity contribution in [2.75, 3.05) is 20.8 Å². The molecular formula is C8H16O6. The molecule has 84 valence electrons. The lowest BCUT2D eigenvalue weighted by atomic mass is 9.99. The van der Waals surface area contributed by atoms with Gasteiger partial charge in [-0.2, -0.15) is 0 Å². The number of aliphatic hydroxyl groups is 3. The van der Waals surface area contributed by atoms with Gasteiger partial charge in [0.1, 0.15) is 24.4 Å². The third-order valence-corrected chi connectivity index (χ3v) is 2.26. The Balaban J connectivity index is 2.66. The molecule has 0 radical (unpaired) electrons. The molecule has 2 unspecified atom stereocenters. The summed E-state index contributed by atoms with van der Waals surface area (Å²) in [5.74, 6) is 0. The van der Waals surface area contributed by atoms with Crippen LogP contribution in [0.5, 0.6) is 0 Å². The topological polar surface area (TPSA) is 88.4 Å². The standard InChI is InChI=1S/C8H16O6/c1-12-3-4-7(13-2)5(9)6(10)8(11)14-4/h4-11H,3H2,1-2H3/t4?,5-,6?,7+,8-/m1/s1. The monoisotopic (exact) mass is 208 g/mol. The zero-order chi connectivity index (χ0) is 10.7. The molecule has 1 aliphatic heterocycles. The van der Waals surface area contributed by atoms with Crippen molar-refractivity contribution in [3.8, 4) is 0 Å². The zero-order valence-corrected chi connectivity index (χ0v) is 8.16. The Kier molecular flexibility index (Phi) is 4.24. The van der Waals surface area contributed by atoms with Crippen LogP contribution in [0.4, 0.5) is 0 Å². The maximum Gasteiger partial charge on any atom is 0.184 e. The first kappa shape index (κ1) is 11.8. The Bertz CT molecular complexity index is 175. The maximum atomic E-state index is 9.53. The minimum atomic E-state index is -1.41. The van der Waals surface area contributed by atoms with Gasteiger partial charge in [-0.05, 0) is 0 Å². The molecular weight excluding hydrogens is 192 g/mol. The lowest BCUT2D eigenvalue weighted by molar-refractivity contribution is -0.291. The van der Waals surface area contributed by atoms with Crippen LogP contribution in [0, 0.1) is 0 Å². The van der Waals surface area contributed by atoms with E-state index in [-0.39, 0.29) is 6.61 Å². The Morgan fingerprint density at radius 3 is 2.29 bits per heavy atom. The quantitative estimate of drug-likeness (QED) is 0.501. The highest BCUT2D eigenvalue weighted by Gasteiger charge is 2.43. The number of aliphatic hydroxyl groups excluding tert-OH is 3. The van der Waals surface area contributed by atoms with E-state index in [9.17, 15) is 15.3 Å². The van der Waals surface area contributed by atoms with Crippen molar-refractivity contribution in [1.29, 1.82) is 0 Å². The summed E-state index contributed by atoms with van der Waals surface area (Å²) < 4.78 is 14.8. The molecule has 6 nitrogen and oxygen atoms in total. The van der Waals surface area contributed by atoms with Crippen LogP contribution in [-0.2, 0) is 14.2 Å². The van der Waals surface area contributed by atoms with Gasteiger partial charge in [0.2, 0.25) is 0 Å². The van der Waals surface area contributed by atoms with Gasteiger partial charge in [0.25, 0.3) is 0 Å². The van der Waals surface area contributed by atoms with Crippen molar-refractivity contribution in [2.45, 2.75) is 30.7 Å². The van der Waals surface area contributed by atoms with E-state index < -0.39 is 30.7 Å². The molecule has 5 atom stereocenters. The lowest BCUT2D eigenvalue weighted by Gasteiger charge is -2.39. The normalized spacial score (nSPS) is 43.9. The van der Waals surface area contributed by atoms with Gasteiger partial charge >= 0.3 is 0 Å². The molecule has 0 aromatic rings. The van der Waals surface area contributed by atoms with Gasteiger partial charge in [0, 0.05) is 14.2 Å². The van der Waals surface area contributed by atoms with Crippen molar-refractivity contribution < 1.29 is 29.5 Å². The molecule has 0 aromatic heterocycles. The third kappa shape index (κ3) is 2.22. The fourth-order valence-corrected chi connectivity index (χ4v) is 1.51. The van der Waals surface area contributed by atoms with E-state index in [0.717, 1.165) is 0 Å². The van der Waals surface area contributed by atoms with Crippen molar-refractivity contribution in [1.82, 2.24) is 0 Å². The summed E-state index contributed by atoms with van der Waals surface area (Å²) in [4.78, 5) is 0. The SMILES string of the molecule is COCC1O[C@@H](O)C(O)[C@@H](O)[C@H]1OC. The van der Waals surface area contributed by atoms with E-state index in [1.165, 1.54) is 14.2 Å². The second-order valence-corrected chi connectivity index (χ2v) is 3.20. The number of hydrogen-bond donors (Lipinski definition) is 3. The summed E-state index contributed by atoms with van der Waals surface area (Å²) in [6.07, 6.45) is -5.22. The van der Waals surface area contributed by atoms with Crippen LogP contribution < -0.4 is 0 Å². The van der Waals surface area contributed by atoms with E-state index in [2.05, 4.69) is 0 Å². The van der Waals surface area contributed by atoms with Crippen LogP contribution in [0.3, 0.4) is 0 Å². The van der Waals surface area contributed by atoms with Gasteiger partial charge in [-0.1, -0.05) is 0 Å². The fraction of sp³-hybridized carbons (Fsp3) is 1.00. The highest BCUT2D eigenvalue weighted by atomic mass is 16.7. The average molecular weight is 208 g/mol. The third-order valence-electron chi connectivity index (χ3n) is 2.26. The number of hydrogen-bond acceptors (Lipinski definition) is 6. The number of rotatable bonds is 3. The van der Waals surface area contributed by atoms with Gasteiger partial charge in [-0.3, -0.25) is 0 Å². The van der Waals surface area contributed by atoms with Gasteiger partial charge in [-0.15, -0.1) is 0 Å². The summed E-state index contributed by atoms with van der Waals surface area (Å²) in [6.45, 7) is 0.180. The van der Waals surface area contributed by atoms with Crippen molar-refractivity contribution in [3.63, 3.8) is 0 Å². The molecule has 0 bridgehead atoms. The minimum Gasteiger partial charge on any atom is -0.387 e. The van der Waals surface area contributed by atoms with Gasteiger partial charge in [0.15, 0.2) is 6.29 Å². The van der Waals surface area contributed by atoms with Crippen molar-refractivity contribution in [2.24, 2.45) is 0 Å². The molecule has 1 saturated heterocycles. The van der Waals surface area contributed by atoms with E-state index in [1.807, 2.05) is 0 Å². The zero-order valence-electron chi connectivity index (χ0n) is 8.16. The molecule has 0 amide bonds. The molecule has 1 aliphatic rings. The molecule has 0 aromatic carbocycles. The van der Waals surface area contributed by atoms with Crippen LogP contribution in [0.15, 0.2) is 0 Å². The Hall–Kier alpha value is -0.240. The predicted molar refractivity (Wildman–Crippen MR) is 45.6 cm³/mol. The molecule has 6 heteroatoms. The smallest absolute Gasteiger partial charge is 0.184 e. The first-order valence-electron chi connectivity index (χ1n) is 4.33. The summed E-state index contributed by atoms with van der Waals surface area (Å²) >= 11 is 0. The van der Waals surface area contributed by atoms with Crippen LogP contribution in [0.1, 0.15) is 0 Å². The first-order valence-corrected chi connectivity index (χ1v) is 4.33. The Morgan fingerprint density at radius 2 is 1.79 bits per heavy atom. The Morgan fingerprint density at radius 1 is 1.14 bits per heavy atom. The van der Waals surface area contributed by atoms with Crippen molar-refractivity contribution >= 4 is 0 Å². The Labute approximate surface area is 82.0 Å². The summed E-state index contributed by atoms with van der Waals surface area (Å²) in [5, 5.41) is 28.0. The maximum absolute atomic E-state index is 9.53. The summed E-state index contributed by atoms with van der Waals surface area (Å²) in [7, 11) is 2.87. The van der Waals surface area contributed by atoms with Crippen LogP contribution in [0.25, 0.3) is 0 Å². The highest BCUT2D eigenvalue weighted by molar-refractivity contribution is 4.89. The second-order valence-electron chi connectivity index (χ2n) is 3.20. The molecule has 0 aliphatic carbocycles. The van der Waals surface area contributed by atoms with Gasteiger partial charge in [0.05, 0.1) is 6.61 Å². The first-order chi connectivity index (χ1) is 6.61. The minimum absolute atomic E-state index is 0.180. The molecule has 1 rings (SSSR count). The fourth-order valence-electron chi connectivity index (χ4n) is 1.51. The molecule has 3 N–H and O–H groups in total. The molecule has 0 spiro atoms. The number of ether oxygens (including phenoxy) is 3. The second kappa shape index (κ2) is 5.01. The molecule has 14 heavy (non-hydrogen) atoms. The van der Waals surface area contributed by atoms with Crippen LogP contribution >= 0.6 is 0 Å². The highest BCUT2D eigenvalue weighted by Crippen LogP contribution is 2.21. The van der Waals surface area contributed by atoms with Crippen LogP contribution in [-0.4, -0.2) is 66.9 Å². The summed E-state index contributed by atoms with van der Waals surface area (Å²) in [5.41, 5.74) is 0. The van der Waals surface area contributed by atoms with Crippen molar-refractivity contribution in [3.05, 3.63) is 0 Å². The summed E-state index contributed by atoms with van der Waals surface area (Å²) in [6, 6.07) is 0.